The summed E-state index contributed by atoms with van der Waals surface area (Å²) in [4.78, 5) is 70.1. The molecule has 0 aromatic carbocycles. The van der Waals surface area contributed by atoms with Crippen molar-refractivity contribution in [3.05, 3.63) is 0 Å². The lowest BCUT2D eigenvalue weighted by atomic mass is 9.92. The highest BCUT2D eigenvalue weighted by Gasteiger charge is 2.45. The van der Waals surface area contributed by atoms with Crippen molar-refractivity contribution in [3.8, 4) is 0 Å². The monoisotopic (exact) mass is 874 g/mol. The van der Waals surface area contributed by atoms with Gasteiger partial charge in [0.15, 0.2) is 0 Å². The van der Waals surface area contributed by atoms with Gasteiger partial charge >= 0.3 is 36.1 Å². The van der Waals surface area contributed by atoms with Gasteiger partial charge in [0.05, 0.1) is 38.6 Å². The Hall–Kier alpha value is -3.12. The largest absolute Gasteiger partial charge is 0.467 e. The zero-order valence-corrected chi connectivity index (χ0v) is 36.7. The zero-order chi connectivity index (χ0) is 44.7. The maximum absolute atomic E-state index is 12.0. The molecule has 0 aromatic heterocycles. The molecular formula is C36H62N2O18S2. The van der Waals surface area contributed by atoms with E-state index in [0.717, 1.165) is 23.5 Å². The second-order valence-electron chi connectivity index (χ2n) is 15.5. The van der Waals surface area contributed by atoms with Crippen LogP contribution in [-0.2, 0) is 57.1 Å². The number of hydrogen-bond acceptors (Lipinski definition) is 20. The van der Waals surface area contributed by atoms with Crippen molar-refractivity contribution in [2.45, 2.75) is 140 Å². The van der Waals surface area contributed by atoms with Gasteiger partial charge < -0.3 is 69.0 Å². The normalized spacial score (nSPS) is 28.2. The molecule has 58 heavy (non-hydrogen) atoms. The van der Waals surface area contributed by atoms with Crippen LogP contribution < -0.4 is 10.6 Å². The number of methoxy groups -OCH3 is 2. The third-order valence-electron chi connectivity index (χ3n) is 8.23. The third kappa shape index (κ3) is 18.9. The first-order chi connectivity index (χ1) is 26.7. The Morgan fingerprint density at radius 1 is 0.603 bits per heavy atom. The van der Waals surface area contributed by atoms with Gasteiger partial charge in [0.2, 0.25) is 0 Å². The number of carbonyl (C=O) groups is 6. The van der Waals surface area contributed by atoms with Crippen LogP contribution >= 0.6 is 23.5 Å². The molecule has 2 saturated heterocycles. The van der Waals surface area contributed by atoms with Crippen LogP contribution in [0.1, 0.15) is 69.2 Å². The van der Waals surface area contributed by atoms with Crippen molar-refractivity contribution < 1.29 is 87.1 Å². The number of hydrogen-bond donors (Lipinski definition) is 6. The van der Waals surface area contributed by atoms with E-state index in [1.165, 1.54) is 28.1 Å². The molecule has 2 aliphatic rings. The highest BCUT2D eigenvalue weighted by atomic mass is 32.2. The molecule has 6 unspecified atom stereocenters. The molecule has 20 nitrogen and oxygen atoms in total. The van der Waals surface area contributed by atoms with E-state index in [0.29, 0.717) is 0 Å². The number of rotatable bonds is 14. The predicted molar refractivity (Wildman–Crippen MR) is 208 cm³/mol. The van der Waals surface area contributed by atoms with E-state index in [4.69, 9.17) is 37.9 Å². The highest BCUT2D eigenvalue weighted by molar-refractivity contribution is 8.00. The molecule has 6 N–H and O–H groups in total. The standard InChI is InChI=1S/2C18H31NO9S/c2*1-9-12(7-26-10(2)20)27-16(14(22)13(9)21)29-8-11(15(23)25-6)19-17(24)28-18(3,4)5/h2*9,11-14,16,21-22H,7-8H2,1-6H3,(H,19,24)/t9-,11?,12?,13+,14?,16+;9-,11?,12?,13+,14?,16-/m11/s1. The Morgan fingerprint density at radius 2 is 0.914 bits per heavy atom. The van der Waals surface area contributed by atoms with Crippen LogP contribution in [0.4, 0.5) is 9.59 Å². The SMILES string of the molecule is COC(=O)C(CS[C@@H]1OC(COC(C)=O)[C@@H](C)[C@H](O)C1O)NC(=O)OC(C)(C)C.COC(=O)C(CS[C@H]1OC(COC(C)=O)[C@@H](C)[C@H](O)C1O)NC(=O)OC(C)(C)C. The first-order valence-electron chi connectivity index (χ1n) is 18.4. The molecule has 0 radical (unpaired) electrons. The number of amides is 2. The number of ether oxygens (including phenoxy) is 8. The second-order valence-corrected chi connectivity index (χ2v) is 17.7. The summed E-state index contributed by atoms with van der Waals surface area (Å²) < 4.78 is 41.1. The quantitative estimate of drug-likeness (QED) is 0.104. The van der Waals surface area contributed by atoms with Gasteiger partial charge in [-0.3, -0.25) is 9.59 Å². The number of alkyl carbamates (subject to hydrolysis) is 2. The minimum atomic E-state index is -1.23. The average molecular weight is 875 g/mol. The van der Waals surface area contributed by atoms with Gasteiger partial charge in [-0.2, -0.15) is 0 Å². The lowest BCUT2D eigenvalue weighted by Crippen LogP contribution is -2.54. The van der Waals surface area contributed by atoms with Crippen molar-refractivity contribution in [3.63, 3.8) is 0 Å². The molecule has 2 amide bonds. The van der Waals surface area contributed by atoms with Crippen molar-refractivity contribution in [1.82, 2.24) is 10.6 Å². The molecule has 2 heterocycles. The van der Waals surface area contributed by atoms with Crippen LogP contribution in [0.5, 0.6) is 0 Å². The molecule has 2 rings (SSSR count). The van der Waals surface area contributed by atoms with Crippen molar-refractivity contribution in [2.75, 3.05) is 38.9 Å². The van der Waals surface area contributed by atoms with Crippen molar-refractivity contribution in [1.29, 1.82) is 0 Å². The Balaban J connectivity index is 0.000000580. The number of carbonyl (C=O) groups excluding carboxylic acids is 6. The van der Waals surface area contributed by atoms with Gasteiger partial charge in [-0.1, -0.05) is 13.8 Å². The molecule has 0 saturated carbocycles. The van der Waals surface area contributed by atoms with Crippen LogP contribution in [0.15, 0.2) is 0 Å². The maximum Gasteiger partial charge on any atom is 0.408 e. The fourth-order valence-corrected chi connectivity index (χ4v) is 7.46. The van der Waals surface area contributed by atoms with Crippen LogP contribution in [0.3, 0.4) is 0 Å². The molecule has 12 atom stereocenters. The molecule has 0 aromatic rings. The Kier molecular flexibility index (Phi) is 22.1. The van der Waals surface area contributed by atoms with Gasteiger partial charge in [-0.25, -0.2) is 19.2 Å². The van der Waals surface area contributed by atoms with Gasteiger partial charge in [-0.05, 0) is 41.5 Å². The first-order valence-corrected chi connectivity index (χ1v) is 20.5. The van der Waals surface area contributed by atoms with Gasteiger partial charge in [0, 0.05) is 37.2 Å². The summed E-state index contributed by atoms with van der Waals surface area (Å²) in [6.07, 6.45) is -7.54. The maximum atomic E-state index is 12.0. The van der Waals surface area contributed by atoms with Crippen molar-refractivity contribution in [2.24, 2.45) is 11.8 Å². The van der Waals surface area contributed by atoms with E-state index in [1.54, 1.807) is 55.4 Å². The van der Waals surface area contributed by atoms with Gasteiger partial charge in [0.1, 0.15) is 59.6 Å². The van der Waals surface area contributed by atoms with Crippen LogP contribution in [0, 0.1) is 11.8 Å². The molecule has 0 bridgehead atoms. The summed E-state index contributed by atoms with van der Waals surface area (Å²) in [6.45, 7) is 15.8. The number of nitrogens with one attached hydrogen (secondary N) is 2. The lowest BCUT2D eigenvalue weighted by Gasteiger charge is -2.41. The first kappa shape index (κ1) is 52.9. The van der Waals surface area contributed by atoms with Crippen LogP contribution in [-0.4, -0.2) is 166 Å². The van der Waals surface area contributed by atoms with Gasteiger partial charge in [0.25, 0.3) is 0 Å². The van der Waals surface area contributed by atoms with E-state index in [1.807, 2.05) is 0 Å². The molecular weight excluding hydrogens is 813 g/mol. The van der Waals surface area contributed by atoms with E-state index < -0.39 is 119 Å². The number of esters is 4. The van der Waals surface area contributed by atoms with E-state index in [-0.39, 0.29) is 24.7 Å². The number of aliphatic hydroxyl groups excluding tert-OH is 4. The topological polar surface area (TPSA) is 281 Å². The minimum Gasteiger partial charge on any atom is -0.467 e. The smallest absolute Gasteiger partial charge is 0.408 e. The Bertz CT molecular complexity index is 1260. The Labute approximate surface area is 347 Å². The molecule has 2 fully saturated rings. The van der Waals surface area contributed by atoms with Crippen LogP contribution in [0.2, 0.25) is 0 Å². The summed E-state index contributed by atoms with van der Waals surface area (Å²) >= 11 is 2.03. The predicted octanol–water partition coefficient (Wildman–Crippen LogP) is 0.864. The molecule has 0 spiro atoms. The second kappa shape index (κ2) is 24.2. The summed E-state index contributed by atoms with van der Waals surface area (Å²) in [7, 11) is 2.37. The highest BCUT2D eigenvalue weighted by Crippen LogP contribution is 2.34. The van der Waals surface area contributed by atoms with E-state index in [2.05, 4.69) is 10.6 Å². The van der Waals surface area contributed by atoms with Crippen LogP contribution in [0.25, 0.3) is 0 Å². The fraction of sp³-hybridized carbons (Fsp3) is 0.833. The van der Waals surface area contributed by atoms with Gasteiger partial charge in [-0.15, -0.1) is 23.5 Å². The number of thioether (sulfide) groups is 2. The van der Waals surface area contributed by atoms with E-state index in [9.17, 15) is 49.2 Å². The minimum absolute atomic E-state index is 0.00493. The summed E-state index contributed by atoms with van der Waals surface area (Å²) in [6, 6.07) is -2.11. The molecule has 336 valence electrons. The van der Waals surface area contributed by atoms with E-state index >= 15 is 0 Å². The zero-order valence-electron chi connectivity index (χ0n) is 35.1. The average Bonchev–Trinajstić information content (AvgIpc) is 3.11. The Morgan fingerprint density at radius 3 is 1.17 bits per heavy atom. The third-order valence-corrected chi connectivity index (χ3v) is 10.7. The molecule has 22 heteroatoms. The van der Waals surface area contributed by atoms with Crippen molar-refractivity contribution >= 4 is 59.6 Å². The summed E-state index contributed by atoms with van der Waals surface area (Å²) in [5, 5.41) is 46.0. The fourth-order valence-electron chi connectivity index (χ4n) is 5.10. The number of aliphatic hydroxyl groups is 4. The molecule has 0 aliphatic carbocycles. The lowest BCUT2D eigenvalue weighted by molar-refractivity contribution is -0.185. The molecule has 2 aliphatic heterocycles. The summed E-state index contributed by atoms with van der Waals surface area (Å²) in [5.74, 6) is -3.33. The summed E-state index contributed by atoms with van der Waals surface area (Å²) in [5.41, 5.74) is -3.31.